The Morgan fingerprint density at radius 3 is 2.81 bits per heavy atom. The molecule has 0 bridgehead atoms. The van der Waals surface area contributed by atoms with Crippen LogP contribution in [0, 0.1) is 6.92 Å². The van der Waals surface area contributed by atoms with E-state index in [1.807, 2.05) is 47.5 Å². The number of carbonyl (C=O) groups excluding carboxylic acids is 1. The van der Waals surface area contributed by atoms with E-state index in [0.29, 0.717) is 25.3 Å². The van der Waals surface area contributed by atoms with Crippen molar-refractivity contribution in [2.45, 2.75) is 13.5 Å². The fraction of sp³-hybridized carbons (Fsp3) is 0.312. The Bertz CT molecular complexity index is 598. The summed E-state index contributed by atoms with van der Waals surface area (Å²) in [6.45, 7) is 3.73. The molecule has 1 aromatic heterocycles. The highest BCUT2D eigenvalue weighted by atomic mass is 79.9. The van der Waals surface area contributed by atoms with E-state index in [1.54, 1.807) is 18.4 Å². The minimum absolute atomic E-state index is 0.0380. The van der Waals surface area contributed by atoms with Gasteiger partial charge in [0.1, 0.15) is 0 Å². The van der Waals surface area contributed by atoms with Crippen molar-refractivity contribution in [1.82, 2.24) is 4.90 Å². The molecule has 5 heteroatoms. The van der Waals surface area contributed by atoms with Gasteiger partial charge in [-0.1, -0.05) is 22.0 Å². The first-order valence-corrected chi connectivity index (χ1v) is 8.36. The molecule has 0 aliphatic carbocycles. The number of benzene rings is 1. The highest BCUT2D eigenvalue weighted by molar-refractivity contribution is 9.10. The zero-order valence-corrected chi connectivity index (χ0v) is 14.5. The van der Waals surface area contributed by atoms with Gasteiger partial charge >= 0.3 is 0 Å². The van der Waals surface area contributed by atoms with Gasteiger partial charge < -0.3 is 9.64 Å². The van der Waals surface area contributed by atoms with Crippen molar-refractivity contribution in [3.63, 3.8) is 0 Å². The van der Waals surface area contributed by atoms with E-state index in [2.05, 4.69) is 15.9 Å². The van der Waals surface area contributed by atoms with Gasteiger partial charge in [0.05, 0.1) is 13.2 Å². The number of hydrogen-bond acceptors (Lipinski definition) is 3. The number of thiophene rings is 1. The van der Waals surface area contributed by atoms with Gasteiger partial charge in [-0.3, -0.25) is 4.79 Å². The van der Waals surface area contributed by atoms with E-state index in [1.165, 1.54) is 4.88 Å². The lowest BCUT2D eigenvalue weighted by molar-refractivity contribution is 0.0682. The second-order valence-corrected chi connectivity index (χ2v) is 6.65. The van der Waals surface area contributed by atoms with Crippen LogP contribution in [-0.4, -0.2) is 31.1 Å². The van der Waals surface area contributed by atoms with Crippen LogP contribution >= 0.6 is 27.3 Å². The maximum absolute atomic E-state index is 12.7. The summed E-state index contributed by atoms with van der Waals surface area (Å²) >= 11 is 5.12. The highest BCUT2D eigenvalue weighted by Crippen LogP contribution is 2.19. The molecule has 112 valence electrons. The molecule has 1 amide bonds. The lowest BCUT2D eigenvalue weighted by Gasteiger charge is -2.22. The molecule has 2 rings (SSSR count). The molecule has 1 heterocycles. The third-order valence-corrected chi connectivity index (χ3v) is 4.94. The van der Waals surface area contributed by atoms with Gasteiger partial charge in [0.2, 0.25) is 0 Å². The maximum Gasteiger partial charge on any atom is 0.254 e. The van der Waals surface area contributed by atoms with Crippen molar-refractivity contribution in [3.8, 4) is 0 Å². The van der Waals surface area contributed by atoms with Gasteiger partial charge in [0.25, 0.3) is 5.91 Å². The average molecular weight is 368 g/mol. The van der Waals surface area contributed by atoms with Gasteiger partial charge in [0.15, 0.2) is 0 Å². The van der Waals surface area contributed by atoms with Gasteiger partial charge in [0, 0.05) is 28.6 Å². The van der Waals surface area contributed by atoms with Gasteiger partial charge in [-0.05, 0) is 42.1 Å². The second kappa shape index (κ2) is 7.73. The first-order chi connectivity index (χ1) is 10.1. The zero-order chi connectivity index (χ0) is 15.2. The Labute approximate surface area is 137 Å². The third kappa shape index (κ3) is 4.40. The van der Waals surface area contributed by atoms with Gasteiger partial charge in [-0.2, -0.15) is 0 Å². The van der Waals surface area contributed by atoms with Crippen LogP contribution in [0.4, 0.5) is 0 Å². The van der Waals surface area contributed by atoms with Crippen molar-refractivity contribution < 1.29 is 9.53 Å². The Morgan fingerprint density at radius 1 is 1.38 bits per heavy atom. The summed E-state index contributed by atoms with van der Waals surface area (Å²) in [4.78, 5) is 15.7. The number of carbonyl (C=O) groups is 1. The predicted octanol–water partition coefficient (Wildman–Crippen LogP) is 4.11. The average Bonchev–Trinajstić information content (AvgIpc) is 2.98. The van der Waals surface area contributed by atoms with Crippen LogP contribution in [0.1, 0.15) is 20.8 Å². The van der Waals surface area contributed by atoms with E-state index < -0.39 is 0 Å². The van der Waals surface area contributed by atoms with Crippen molar-refractivity contribution in [2.75, 3.05) is 20.3 Å². The molecule has 0 fully saturated rings. The molecule has 0 spiro atoms. The van der Waals surface area contributed by atoms with E-state index in [9.17, 15) is 4.79 Å². The normalized spacial score (nSPS) is 10.6. The SMILES string of the molecule is COCCN(Cc1cccs1)C(=O)c1ccc(Br)c(C)c1. The van der Waals surface area contributed by atoms with Crippen molar-refractivity contribution in [1.29, 1.82) is 0 Å². The molecule has 0 atom stereocenters. The van der Waals surface area contributed by atoms with E-state index in [4.69, 9.17) is 4.74 Å². The third-order valence-electron chi connectivity index (χ3n) is 3.18. The van der Waals surface area contributed by atoms with Crippen LogP contribution in [0.2, 0.25) is 0 Å². The first kappa shape index (κ1) is 16.2. The molecule has 0 unspecified atom stereocenters. The van der Waals surface area contributed by atoms with Crippen LogP contribution in [0.15, 0.2) is 40.2 Å². The summed E-state index contributed by atoms with van der Waals surface area (Å²) in [6, 6.07) is 9.74. The quantitative estimate of drug-likeness (QED) is 0.768. The Kier molecular flexibility index (Phi) is 5.96. The van der Waals surface area contributed by atoms with E-state index in [-0.39, 0.29) is 5.91 Å². The first-order valence-electron chi connectivity index (χ1n) is 6.68. The molecule has 21 heavy (non-hydrogen) atoms. The predicted molar refractivity (Wildman–Crippen MR) is 89.8 cm³/mol. The Balaban J connectivity index is 2.18. The number of rotatable bonds is 6. The summed E-state index contributed by atoms with van der Waals surface area (Å²) in [5.41, 5.74) is 1.77. The molecular formula is C16H18BrNO2S. The molecular weight excluding hydrogens is 350 g/mol. The summed E-state index contributed by atoms with van der Waals surface area (Å²) < 4.78 is 6.14. The molecule has 1 aromatic carbocycles. The molecule has 0 radical (unpaired) electrons. The number of amides is 1. The molecule has 0 N–H and O–H groups in total. The minimum Gasteiger partial charge on any atom is -0.383 e. The number of nitrogens with zero attached hydrogens (tertiary/aromatic N) is 1. The van der Waals surface area contributed by atoms with Crippen molar-refractivity contribution >= 4 is 33.2 Å². The number of methoxy groups -OCH3 is 1. The molecule has 2 aromatic rings. The fourth-order valence-corrected chi connectivity index (χ4v) is 2.97. The molecule has 0 aliphatic rings. The van der Waals surface area contributed by atoms with Gasteiger partial charge in [-0.25, -0.2) is 0 Å². The van der Waals surface area contributed by atoms with Crippen LogP contribution in [0.5, 0.6) is 0 Å². The zero-order valence-electron chi connectivity index (χ0n) is 12.1. The maximum atomic E-state index is 12.7. The fourth-order valence-electron chi connectivity index (χ4n) is 2.00. The molecule has 3 nitrogen and oxygen atoms in total. The summed E-state index contributed by atoms with van der Waals surface area (Å²) in [5, 5.41) is 2.03. The Hall–Kier alpha value is -1.17. The molecule has 0 saturated heterocycles. The van der Waals surface area contributed by atoms with Crippen LogP contribution in [-0.2, 0) is 11.3 Å². The minimum atomic E-state index is 0.0380. The largest absolute Gasteiger partial charge is 0.383 e. The number of ether oxygens (including phenoxy) is 1. The van der Waals surface area contributed by atoms with E-state index in [0.717, 1.165) is 10.0 Å². The number of hydrogen-bond donors (Lipinski definition) is 0. The topological polar surface area (TPSA) is 29.5 Å². The van der Waals surface area contributed by atoms with Crippen LogP contribution in [0.3, 0.4) is 0 Å². The van der Waals surface area contributed by atoms with E-state index >= 15 is 0 Å². The standard InChI is InChI=1S/C16H18BrNO2S/c1-12-10-13(5-6-15(12)17)16(19)18(7-8-20-2)11-14-4-3-9-21-14/h3-6,9-10H,7-8,11H2,1-2H3. The van der Waals surface area contributed by atoms with Crippen molar-refractivity contribution in [3.05, 3.63) is 56.2 Å². The monoisotopic (exact) mass is 367 g/mol. The summed E-state index contributed by atoms with van der Waals surface area (Å²) in [7, 11) is 1.65. The van der Waals surface area contributed by atoms with Crippen LogP contribution in [0.25, 0.3) is 0 Å². The highest BCUT2D eigenvalue weighted by Gasteiger charge is 2.17. The Morgan fingerprint density at radius 2 is 2.19 bits per heavy atom. The molecule has 0 saturated carbocycles. The van der Waals surface area contributed by atoms with Crippen molar-refractivity contribution in [2.24, 2.45) is 0 Å². The van der Waals surface area contributed by atoms with Crippen LogP contribution < -0.4 is 0 Å². The lowest BCUT2D eigenvalue weighted by Crippen LogP contribution is -2.33. The summed E-state index contributed by atoms with van der Waals surface area (Å²) in [5.74, 6) is 0.0380. The second-order valence-electron chi connectivity index (χ2n) is 4.76. The summed E-state index contributed by atoms with van der Waals surface area (Å²) in [6.07, 6.45) is 0. The molecule has 0 aliphatic heterocycles. The smallest absolute Gasteiger partial charge is 0.254 e. The lowest BCUT2D eigenvalue weighted by atomic mass is 10.1. The number of aryl methyl sites for hydroxylation is 1. The number of halogens is 1. The van der Waals surface area contributed by atoms with Gasteiger partial charge in [-0.15, -0.1) is 11.3 Å².